The van der Waals surface area contributed by atoms with E-state index in [1.807, 2.05) is 0 Å². The van der Waals surface area contributed by atoms with Crippen molar-refractivity contribution in [2.45, 2.75) is 39.6 Å². The Bertz CT molecular complexity index is 1440. The third-order valence-electron chi connectivity index (χ3n) is 5.91. The maximum Gasteiger partial charge on any atom is 0.573 e. The fraction of sp³-hybridized carbons (Fsp3) is 0.296. The summed E-state index contributed by atoms with van der Waals surface area (Å²) in [5, 5.41) is 15.1. The van der Waals surface area contributed by atoms with Crippen LogP contribution in [0.15, 0.2) is 53.3 Å². The summed E-state index contributed by atoms with van der Waals surface area (Å²) >= 11 is 0. The Balaban J connectivity index is 1.95. The lowest BCUT2D eigenvalue weighted by Gasteiger charge is -2.21. The standard InChI is InChI=1S/C27H28F3N3O6/c1-5-38-23(35)14-21(31-26(37)32-24-22(34)11-16(3)33(4)25(24)36)18-10-9-15(2)20(13-18)17-7-6-8-19(12-17)39-27(28,29)30/h6-13,21,34H,5,14H2,1-4H3,(H2,31,32,37)/t21-/m0/s1. The minimum Gasteiger partial charge on any atom is -0.505 e. The minimum absolute atomic E-state index is 0.107. The maximum absolute atomic E-state index is 12.9. The average Bonchev–Trinajstić information content (AvgIpc) is 2.84. The highest BCUT2D eigenvalue weighted by Gasteiger charge is 2.31. The van der Waals surface area contributed by atoms with Crippen LogP contribution >= 0.6 is 0 Å². The Labute approximate surface area is 222 Å². The van der Waals surface area contributed by atoms with E-state index in [4.69, 9.17) is 4.74 Å². The summed E-state index contributed by atoms with van der Waals surface area (Å²) in [5.41, 5.74) is 1.62. The van der Waals surface area contributed by atoms with Crippen molar-refractivity contribution in [1.29, 1.82) is 0 Å². The van der Waals surface area contributed by atoms with Gasteiger partial charge in [-0.05, 0) is 61.2 Å². The third-order valence-corrected chi connectivity index (χ3v) is 5.91. The van der Waals surface area contributed by atoms with Gasteiger partial charge in [0.2, 0.25) is 0 Å². The predicted octanol–water partition coefficient (Wildman–Crippen LogP) is 5.09. The molecule has 0 saturated carbocycles. The van der Waals surface area contributed by atoms with Crippen molar-refractivity contribution in [3.63, 3.8) is 0 Å². The molecule has 0 aliphatic heterocycles. The average molecular weight is 548 g/mol. The first-order valence-corrected chi connectivity index (χ1v) is 11.9. The van der Waals surface area contributed by atoms with Gasteiger partial charge in [-0.15, -0.1) is 13.2 Å². The first-order valence-electron chi connectivity index (χ1n) is 11.9. The summed E-state index contributed by atoms with van der Waals surface area (Å²) in [6.45, 7) is 5.10. The number of alkyl halides is 3. The van der Waals surface area contributed by atoms with Gasteiger partial charge in [0.15, 0.2) is 5.69 Å². The highest BCUT2D eigenvalue weighted by molar-refractivity contribution is 5.91. The number of aromatic hydroxyl groups is 1. The Kier molecular flexibility index (Phi) is 8.89. The van der Waals surface area contributed by atoms with E-state index in [1.54, 1.807) is 45.0 Å². The van der Waals surface area contributed by atoms with Gasteiger partial charge in [0.1, 0.15) is 11.5 Å². The number of nitrogens with one attached hydrogen (secondary N) is 2. The number of aromatic nitrogens is 1. The van der Waals surface area contributed by atoms with E-state index in [-0.39, 0.29) is 18.7 Å². The topological polar surface area (TPSA) is 119 Å². The molecule has 3 rings (SSSR count). The highest BCUT2D eigenvalue weighted by atomic mass is 19.4. The van der Waals surface area contributed by atoms with Crippen molar-refractivity contribution in [1.82, 2.24) is 9.88 Å². The molecule has 0 saturated heterocycles. The number of hydrogen-bond donors (Lipinski definition) is 3. The van der Waals surface area contributed by atoms with Crippen LogP contribution in [-0.2, 0) is 16.6 Å². The predicted molar refractivity (Wildman–Crippen MR) is 138 cm³/mol. The van der Waals surface area contributed by atoms with E-state index in [2.05, 4.69) is 15.4 Å². The highest BCUT2D eigenvalue weighted by Crippen LogP contribution is 2.32. The SMILES string of the molecule is CCOC(=O)C[C@H](NC(=O)Nc1c(O)cc(C)n(C)c1=O)c1ccc(C)c(-c2cccc(OC(F)(F)F)c2)c1. The molecule has 3 aromatic rings. The molecule has 2 amide bonds. The maximum atomic E-state index is 12.9. The molecule has 0 spiro atoms. The van der Waals surface area contributed by atoms with Gasteiger partial charge >= 0.3 is 18.4 Å². The summed E-state index contributed by atoms with van der Waals surface area (Å²) in [6.07, 6.45) is -5.14. The second-order valence-corrected chi connectivity index (χ2v) is 8.72. The van der Waals surface area contributed by atoms with Gasteiger partial charge in [0.25, 0.3) is 5.56 Å². The number of carbonyl (C=O) groups excluding carboxylic acids is 2. The van der Waals surface area contributed by atoms with Gasteiger partial charge in [0, 0.05) is 18.8 Å². The summed E-state index contributed by atoms with van der Waals surface area (Å²) in [6, 6.07) is 9.90. The van der Waals surface area contributed by atoms with Crippen LogP contribution in [0.25, 0.3) is 11.1 Å². The molecule has 3 N–H and O–H groups in total. The monoisotopic (exact) mass is 547 g/mol. The van der Waals surface area contributed by atoms with E-state index in [9.17, 15) is 32.7 Å². The quantitative estimate of drug-likeness (QED) is 0.338. The molecule has 0 unspecified atom stereocenters. The third kappa shape index (κ3) is 7.53. The van der Waals surface area contributed by atoms with Crippen molar-refractivity contribution in [3.05, 3.63) is 75.7 Å². The Morgan fingerprint density at radius 2 is 1.82 bits per heavy atom. The number of nitrogens with zero attached hydrogens (tertiary/aromatic N) is 1. The van der Waals surface area contributed by atoms with Gasteiger partial charge < -0.3 is 29.8 Å². The van der Waals surface area contributed by atoms with Gasteiger partial charge in [-0.2, -0.15) is 0 Å². The number of ether oxygens (including phenoxy) is 2. The van der Waals surface area contributed by atoms with E-state index < -0.39 is 41.5 Å². The lowest BCUT2D eigenvalue weighted by atomic mass is 9.94. The van der Waals surface area contributed by atoms with Crippen LogP contribution in [0.5, 0.6) is 11.5 Å². The number of rotatable bonds is 8. The molecule has 0 fully saturated rings. The van der Waals surface area contributed by atoms with Crippen LogP contribution < -0.4 is 20.9 Å². The molecule has 0 radical (unpaired) electrons. The van der Waals surface area contributed by atoms with Crippen LogP contribution in [0.1, 0.15) is 36.2 Å². The van der Waals surface area contributed by atoms with Gasteiger partial charge in [-0.1, -0.05) is 24.3 Å². The fourth-order valence-corrected chi connectivity index (χ4v) is 3.90. The van der Waals surface area contributed by atoms with E-state index in [0.717, 1.165) is 5.56 Å². The number of halogens is 3. The van der Waals surface area contributed by atoms with Gasteiger partial charge in [-0.3, -0.25) is 9.59 Å². The molecule has 2 aromatic carbocycles. The van der Waals surface area contributed by atoms with Crippen LogP contribution in [0.3, 0.4) is 0 Å². The molecular weight excluding hydrogens is 519 g/mol. The Hall–Kier alpha value is -4.48. The van der Waals surface area contributed by atoms with Crippen LogP contribution in [-0.4, -0.2) is 34.6 Å². The number of pyridine rings is 1. The number of esters is 1. The molecule has 1 heterocycles. The molecule has 12 heteroatoms. The first-order chi connectivity index (χ1) is 18.3. The summed E-state index contributed by atoms with van der Waals surface area (Å²) in [7, 11) is 1.48. The van der Waals surface area contributed by atoms with Crippen LogP contribution in [0.4, 0.5) is 23.7 Å². The number of benzene rings is 2. The van der Waals surface area contributed by atoms with Crippen molar-refractivity contribution >= 4 is 17.7 Å². The van der Waals surface area contributed by atoms with Crippen molar-refractivity contribution in [2.24, 2.45) is 7.05 Å². The zero-order valence-corrected chi connectivity index (χ0v) is 21.7. The van der Waals surface area contributed by atoms with Crippen LogP contribution in [0, 0.1) is 13.8 Å². The second-order valence-electron chi connectivity index (χ2n) is 8.72. The first kappa shape index (κ1) is 29.1. The molecule has 39 heavy (non-hydrogen) atoms. The molecule has 1 atom stereocenters. The van der Waals surface area contributed by atoms with E-state index in [0.29, 0.717) is 22.4 Å². The molecule has 9 nitrogen and oxygen atoms in total. The number of urea groups is 1. The van der Waals surface area contributed by atoms with Gasteiger partial charge in [-0.25, -0.2) is 4.79 Å². The Morgan fingerprint density at radius 1 is 1.10 bits per heavy atom. The van der Waals surface area contributed by atoms with Crippen molar-refractivity contribution < 1.29 is 37.3 Å². The Morgan fingerprint density at radius 3 is 2.49 bits per heavy atom. The van der Waals surface area contributed by atoms with E-state index >= 15 is 0 Å². The second kappa shape index (κ2) is 11.9. The van der Waals surface area contributed by atoms with E-state index in [1.165, 1.54) is 35.9 Å². The minimum atomic E-state index is -4.86. The lowest BCUT2D eigenvalue weighted by Crippen LogP contribution is -2.36. The van der Waals surface area contributed by atoms with Crippen LogP contribution in [0.2, 0.25) is 0 Å². The summed E-state index contributed by atoms with van der Waals surface area (Å²) in [5.74, 6) is -1.43. The van der Waals surface area contributed by atoms with Gasteiger partial charge in [0.05, 0.1) is 19.1 Å². The number of hydrogen-bond acceptors (Lipinski definition) is 6. The normalized spacial score (nSPS) is 12.0. The molecule has 1 aromatic heterocycles. The lowest BCUT2D eigenvalue weighted by molar-refractivity contribution is -0.274. The zero-order valence-electron chi connectivity index (χ0n) is 21.7. The fourth-order valence-electron chi connectivity index (χ4n) is 3.90. The van der Waals surface area contributed by atoms with Crippen molar-refractivity contribution in [3.8, 4) is 22.6 Å². The summed E-state index contributed by atoms with van der Waals surface area (Å²) < 4.78 is 48.5. The number of aryl methyl sites for hydroxylation is 2. The number of carbonyl (C=O) groups is 2. The zero-order chi connectivity index (χ0) is 28.9. The van der Waals surface area contributed by atoms with Crippen molar-refractivity contribution in [2.75, 3.05) is 11.9 Å². The smallest absolute Gasteiger partial charge is 0.505 e. The largest absolute Gasteiger partial charge is 0.573 e. The molecule has 0 aliphatic rings. The summed E-state index contributed by atoms with van der Waals surface area (Å²) in [4.78, 5) is 37.7. The molecule has 0 bridgehead atoms. The molecular formula is C27H28F3N3O6. The molecule has 208 valence electrons. The number of amides is 2. The number of anilines is 1. The molecule has 0 aliphatic carbocycles.